The Bertz CT molecular complexity index is 392. The minimum Gasteiger partial charge on any atom is -0.503 e. The summed E-state index contributed by atoms with van der Waals surface area (Å²) in [6, 6.07) is 3.61. The fraction of sp³-hybridized carbons (Fsp3) is 0.500. The maximum atomic E-state index is 9.82. The van der Waals surface area contributed by atoms with Crippen LogP contribution >= 0.6 is 11.6 Å². The van der Waals surface area contributed by atoms with Gasteiger partial charge in [0.1, 0.15) is 0 Å². The molecule has 0 spiro atoms. The first kappa shape index (κ1) is 12.5. The lowest BCUT2D eigenvalue weighted by Crippen LogP contribution is -2.42. The fourth-order valence-corrected chi connectivity index (χ4v) is 2.20. The van der Waals surface area contributed by atoms with E-state index in [0.717, 1.165) is 38.3 Å². The van der Waals surface area contributed by atoms with Gasteiger partial charge in [-0.15, -0.1) is 0 Å². The first-order valence-electron chi connectivity index (χ1n) is 5.69. The van der Waals surface area contributed by atoms with Crippen molar-refractivity contribution in [3.63, 3.8) is 0 Å². The number of rotatable bonds is 3. The Hall–Kier alpha value is -0.970. The molecule has 1 aliphatic heterocycles. The highest BCUT2D eigenvalue weighted by atomic mass is 35.5. The van der Waals surface area contributed by atoms with Gasteiger partial charge >= 0.3 is 0 Å². The smallest absolute Gasteiger partial charge is 0.177 e. The summed E-state index contributed by atoms with van der Waals surface area (Å²) in [6.07, 6.45) is 0. The lowest BCUT2D eigenvalue weighted by molar-refractivity contribution is 0.229. The number of ether oxygens (including phenoxy) is 1. The molecule has 0 aliphatic carbocycles. The van der Waals surface area contributed by atoms with Crippen molar-refractivity contribution in [3.05, 3.63) is 22.7 Å². The largest absolute Gasteiger partial charge is 0.503 e. The predicted octanol–water partition coefficient (Wildman–Crippen LogP) is 1.46. The topological polar surface area (TPSA) is 44.7 Å². The van der Waals surface area contributed by atoms with E-state index in [9.17, 15) is 5.11 Å². The summed E-state index contributed by atoms with van der Waals surface area (Å²) in [4.78, 5) is 2.32. The highest BCUT2D eigenvalue weighted by molar-refractivity contribution is 6.32. The minimum absolute atomic E-state index is 0.0294. The van der Waals surface area contributed by atoms with Gasteiger partial charge < -0.3 is 15.2 Å². The Morgan fingerprint density at radius 3 is 2.76 bits per heavy atom. The molecular weight excluding hydrogens is 240 g/mol. The second kappa shape index (κ2) is 5.58. The maximum absolute atomic E-state index is 9.82. The molecule has 1 fully saturated rings. The molecule has 0 unspecified atom stereocenters. The Balaban J connectivity index is 2.17. The van der Waals surface area contributed by atoms with Crippen molar-refractivity contribution in [1.29, 1.82) is 0 Å². The lowest BCUT2D eigenvalue weighted by atomic mass is 10.1. The third kappa shape index (κ3) is 2.83. The van der Waals surface area contributed by atoms with Crippen molar-refractivity contribution in [2.75, 3.05) is 33.3 Å². The van der Waals surface area contributed by atoms with E-state index < -0.39 is 0 Å². The number of phenolic OH excluding ortho intramolecular Hbond substituents is 1. The number of hydrogen-bond acceptors (Lipinski definition) is 4. The number of aromatic hydroxyl groups is 1. The molecule has 1 aromatic carbocycles. The molecular formula is C12H17ClN2O2. The standard InChI is InChI=1S/C12H17ClN2O2/c1-17-12-9(2-3-10(13)11(12)16)8-15-6-4-14-5-7-15/h2-3,14,16H,4-8H2,1H3. The first-order valence-corrected chi connectivity index (χ1v) is 6.07. The summed E-state index contributed by atoms with van der Waals surface area (Å²) in [7, 11) is 1.55. The first-order chi connectivity index (χ1) is 8.22. The molecule has 1 heterocycles. The van der Waals surface area contributed by atoms with Crippen LogP contribution in [0, 0.1) is 0 Å². The van der Waals surface area contributed by atoms with Crippen molar-refractivity contribution < 1.29 is 9.84 Å². The molecule has 2 N–H and O–H groups in total. The Labute approximate surface area is 106 Å². The second-order valence-corrected chi connectivity index (χ2v) is 4.52. The van der Waals surface area contributed by atoms with E-state index in [4.69, 9.17) is 16.3 Å². The Morgan fingerprint density at radius 1 is 1.41 bits per heavy atom. The number of methoxy groups -OCH3 is 1. The fourth-order valence-electron chi connectivity index (χ4n) is 2.05. The quantitative estimate of drug-likeness (QED) is 0.860. The minimum atomic E-state index is 0.0294. The molecule has 0 radical (unpaired) electrons. The van der Waals surface area contributed by atoms with Crippen LogP contribution in [0.2, 0.25) is 5.02 Å². The third-order valence-corrected chi connectivity index (χ3v) is 3.28. The van der Waals surface area contributed by atoms with E-state index >= 15 is 0 Å². The summed E-state index contributed by atoms with van der Waals surface area (Å²) in [5.74, 6) is 0.512. The molecule has 5 heteroatoms. The summed E-state index contributed by atoms with van der Waals surface area (Å²) in [5, 5.41) is 13.5. The van der Waals surface area contributed by atoms with Crippen LogP contribution in [-0.2, 0) is 6.54 Å². The van der Waals surface area contributed by atoms with Gasteiger partial charge in [-0.1, -0.05) is 17.7 Å². The molecule has 0 atom stereocenters. The van der Waals surface area contributed by atoms with Crippen LogP contribution in [0.5, 0.6) is 11.5 Å². The zero-order valence-electron chi connectivity index (χ0n) is 9.87. The zero-order valence-corrected chi connectivity index (χ0v) is 10.6. The molecule has 2 rings (SSSR count). The van der Waals surface area contributed by atoms with Crippen LogP contribution in [0.4, 0.5) is 0 Å². The summed E-state index contributed by atoms with van der Waals surface area (Å²) >= 11 is 5.85. The van der Waals surface area contributed by atoms with E-state index in [0.29, 0.717) is 10.8 Å². The van der Waals surface area contributed by atoms with Gasteiger partial charge in [-0.2, -0.15) is 0 Å². The molecule has 94 valence electrons. The molecule has 0 amide bonds. The third-order valence-electron chi connectivity index (χ3n) is 2.97. The van der Waals surface area contributed by atoms with Crippen LogP contribution in [-0.4, -0.2) is 43.3 Å². The number of nitrogens with zero attached hydrogens (tertiary/aromatic N) is 1. The molecule has 4 nitrogen and oxygen atoms in total. The number of benzene rings is 1. The SMILES string of the molecule is COc1c(CN2CCNCC2)ccc(Cl)c1O. The lowest BCUT2D eigenvalue weighted by Gasteiger charge is -2.27. The van der Waals surface area contributed by atoms with E-state index in [-0.39, 0.29) is 5.75 Å². The average Bonchev–Trinajstić information content (AvgIpc) is 2.36. The Morgan fingerprint density at radius 2 is 2.12 bits per heavy atom. The predicted molar refractivity (Wildman–Crippen MR) is 67.8 cm³/mol. The van der Waals surface area contributed by atoms with Gasteiger partial charge in [0.25, 0.3) is 0 Å². The molecule has 1 saturated heterocycles. The van der Waals surface area contributed by atoms with Crippen LogP contribution in [0.15, 0.2) is 12.1 Å². The monoisotopic (exact) mass is 256 g/mol. The van der Waals surface area contributed by atoms with Crippen LogP contribution in [0.3, 0.4) is 0 Å². The maximum Gasteiger partial charge on any atom is 0.177 e. The van der Waals surface area contributed by atoms with E-state index in [2.05, 4.69) is 10.2 Å². The van der Waals surface area contributed by atoms with E-state index in [1.807, 2.05) is 6.07 Å². The molecule has 0 saturated carbocycles. The average molecular weight is 257 g/mol. The van der Waals surface area contributed by atoms with Gasteiger partial charge in [-0.05, 0) is 6.07 Å². The summed E-state index contributed by atoms with van der Waals surface area (Å²) in [5.41, 5.74) is 0.969. The zero-order chi connectivity index (χ0) is 12.3. The highest BCUT2D eigenvalue weighted by Gasteiger charge is 2.16. The van der Waals surface area contributed by atoms with Gasteiger partial charge in [0.05, 0.1) is 12.1 Å². The van der Waals surface area contributed by atoms with Gasteiger partial charge in [0.15, 0.2) is 11.5 Å². The van der Waals surface area contributed by atoms with Gasteiger partial charge in [0.2, 0.25) is 0 Å². The van der Waals surface area contributed by atoms with Crippen molar-refractivity contribution in [1.82, 2.24) is 10.2 Å². The number of piperazine rings is 1. The van der Waals surface area contributed by atoms with Crippen LogP contribution in [0.25, 0.3) is 0 Å². The number of hydrogen-bond donors (Lipinski definition) is 2. The van der Waals surface area contributed by atoms with Crippen molar-refractivity contribution in [3.8, 4) is 11.5 Å². The van der Waals surface area contributed by atoms with E-state index in [1.165, 1.54) is 0 Å². The summed E-state index contributed by atoms with van der Waals surface area (Å²) in [6.45, 7) is 4.79. The van der Waals surface area contributed by atoms with Gasteiger partial charge in [-0.25, -0.2) is 0 Å². The van der Waals surface area contributed by atoms with Crippen LogP contribution < -0.4 is 10.1 Å². The van der Waals surface area contributed by atoms with Crippen molar-refractivity contribution in [2.24, 2.45) is 0 Å². The van der Waals surface area contributed by atoms with Crippen molar-refractivity contribution in [2.45, 2.75) is 6.54 Å². The van der Waals surface area contributed by atoms with E-state index in [1.54, 1.807) is 13.2 Å². The van der Waals surface area contributed by atoms with Crippen molar-refractivity contribution >= 4 is 11.6 Å². The molecule has 1 aromatic rings. The van der Waals surface area contributed by atoms with Gasteiger partial charge in [-0.3, -0.25) is 4.90 Å². The number of phenols is 1. The number of nitrogens with one attached hydrogen (secondary N) is 1. The number of halogens is 1. The second-order valence-electron chi connectivity index (χ2n) is 4.11. The van der Waals surface area contributed by atoms with Gasteiger partial charge in [0, 0.05) is 38.3 Å². The Kier molecular flexibility index (Phi) is 4.10. The molecule has 17 heavy (non-hydrogen) atoms. The van der Waals surface area contributed by atoms with Crippen LogP contribution in [0.1, 0.15) is 5.56 Å². The molecule has 0 bridgehead atoms. The summed E-state index contributed by atoms with van der Waals surface area (Å²) < 4.78 is 5.22. The molecule has 0 aromatic heterocycles. The normalized spacial score (nSPS) is 17.1. The highest BCUT2D eigenvalue weighted by Crippen LogP contribution is 2.37. The molecule has 1 aliphatic rings.